The fraction of sp³-hybridized carbons (Fsp3) is 0.769. The molecule has 0 aromatic carbocycles. The molecule has 1 aliphatic heterocycles. The Morgan fingerprint density at radius 1 is 1.24 bits per heavy atom. The van der Waals surface area contributed by atoms with Crippen LogP contribution in [-0.2, 0) is 4.74 Å². The summed E-state index contributed by atoms with van der Waals surface area (Å²) >= 11 is 6.00. The summed E-state index contributed by atoms with van der Waals surface area (Å²) in [5.41, 5.74) is -0.455. The Balaban J connectivity index is 2.22. The summed E-state index contributed by atoms with van der Waals surface area (Å²) < 4.78 is 5.35. The van der Waals surface area contributed by atoms with E-state index in [1.165, 1.54) is 0 Å². The van der Waals surface area contributed by atoms with Crippen molar-refractivity contribution in [1.82, 2.24) is 15.0 Å². The smallest absolute Gasteiger partial charge is 0.231 e. The molecule has 0 saturated carbocycles. The number of aliphatic hydroxyl groups is 1. The van der Waals surface area contributed by atoms with E-state index in [1.807, 2.05) is 18.7 Å². The summed E-state index contributed by atoms with van der Waals surface area (Å²) in [6.45, 7) is 6.85. The Morgan fingerprint density at radius 2 is 1.90 bits per heavy atom. The van der Waals surface area contributed by atoms with Gasteiger partial charge in [-0.2, -0.15) is 15.0 Å². The van der Waals surface area contributed by atoms with Gasteiger partial charge in [0.2, 0.25) is 17.2 Å². The second-order valence-corrected chi connectivity index (χ2v) is 5.41. The third-order valence-electron chi connectivity index (χ3n) is 3.77. The average Bonchev–Trinajstić information content (AvgIpc) is 2.49. The number of nitrogens with zero attached hydrogens (tertiary/aromatic N) is 4. The lowest BCUT2D eigenvalue weighted by molar-refractivity contribution is 0.0377. The minimum atomic E-state index is -0.455. The minimum absolute atomic E-state index is 0.000263. The van der Waals surface area contributed by atoms with Gasteiger partial charge in [0.25, 0.3) is 0 Å². The molecule has 2 N–H and O–H groups in total. The fourth-order valence-corrected chi connectivity index (χ4v) is 2.52. The van der Waals surface area contributed by atoms with Gasteiger partial charge in [-0.25, -0.2) is 0 Å². The lowest BCUT2D eigenvalue weighted by Gasteiger charge is -2.36. The first kappa shape index (κ1) is 16.2. The zero-order valence-electron chi connectivity index (χ0n) is 12.5. The molecule has 0 bridgehead atoms. The summed E-state index contributed by atoms with van der Waals surface area (Å²) in [6, 6.07) is 0. The molecule has 1 aromatic heterocycles. The van der Waals surface area contributed by atoms with E-state index in [-0.39, 0.29) is 11.9 Å². The number of aromatic nitrogens is 3. The first-order valence-electron chi connectivity index (χ1n) is 7.26. The Kier molecular flexibility index (Phi) is 5.55. The third kappa shape index (κ3) is 3.93. The van der Waals surface area contributed by atoms with Crippen LogP contribution >= 0.6 is 11.6 Å². The van der Waals surface area contributed by atoms with Crippen LogP contribution in [0.5, 0.6) is 0 Å². The first-order valence-corrected chi connectivity index (χ1v) is 7.63. The van der Waals surface area contributed by atoms with Crippen LogP contribution in [0.15, 0.2) is 0 Å². The number of hydrogen-bond donors (Lipinski definition) is 2. The van der Waals surface area contributed by atoms with E-state index in [1.54, 1.807) is 0 Å². The summed E-state index contributed by atoms with van der Waals surface area (Å²) in [6.07, 6.45) is 1.40. The third-order valence-corrected chi connectivity index (χ3v) is 3.94. The van der Waals surface area contributed by atoms with Crippen molar-refractivity contribution in [3.05, 3.63) is 5.28 Å². The monoisotopic (exact) mass is 315 g/mol. The maximum absolute atomic E-state index is 9.71. The number of nitrogens with one attached hydrogen (secondary N) is 1. The van der Waals surface area contributed by atoms with E-state index < -0.39 is 5.54 Å². The summed E-state index contributed by atoms with van der Waals surface area (Å²) in [5, 5.41) is 13.1. The summed E-state index contributed by atoms with van der Waals surface area (Å²) in [5.74, 6) is 0.940. The highest BCUT2D eigenvalue weighted by Crippen LogP contribution is 2.25. The molecule has 1 aliphatic rings. The van der Waals surface area contributed by atoms with Crippen LogP contribution in [0.25, 0.3) is 0 Å². The number of hydrogen-bond acceptors (Lipinski definition) is 7. The van der Waals surface area contributed by atoms with Gasteiger partial charge in [-0.3, -0.25) is 0 Å². The number of aliphatic hydroxyl groups excluding tert-OH is 1. The molecule has 0 aliphatic carbocycles. The molecule has 1 fully saturated rings. The average molecular weight is 316 g/mol. The van der Waals surface area contributed by atoms with Crippen LogP contribution in [-0.4, -0.2) is 58.5 Å². The molecule has 0 unspecified atom stereocenters. The standard InChI is InChI=1S/C13H22ClN5O2/c1-3-19(4-2)12-16-10(14)15-11(17-12)18-13(9-20)5-7-21-8-6-13/h20H,3-9H2,1-2H3,(H,15,16,17,18). The molecular weight excluding hydrogens is 294 g/mol. The van der Waals surface area contributed by atoms with Gasteiger partial charge in [0, 0.05) is 26.3 Å². The van der Waals surface area contributed by atoms with Gasteiger partial charge in [-0.15, -0.1) is 0 Å². The highest BCUT2D eigenvalue weighted by atomic mass is 35.5. The van der Waals surface area contributed by atoms with E-state index in [0.717, 1.165) is 13.1 Å². The van der Waals surface area contributed by atoms with E-state index in [0.29, 0.717) is 38.0 Å². The van der Waals surface area contributed by atoms with Crippen molar-refractivity contribution in [3.63, 3.8) is 0 Å². The number of halogens is 1. The van der Waals surface area contributed by atoms with E-state index >= 15 is 0 Å². The van der Waals surface area contributed by atoms with Crippen LogP contribution in [0.2, 0.25) is 5.28 Å². The Labute approximate surface area is 129 Å². The van der Waals surface area contributed by atoms with E-state index in [2.05, 4.69) is 20.3 Å². The molecule has 0 spiro atoms. The number of ether oxygens (including phenoxy) is 1. The predicted octanol–water partition coefficient (Wildman–Crippen LogP) is 1.32. The van der Waals surface area contributed by atoms with Crippen molar-refractivity contribution in [2.45, 2.75) is 32.2 Å². The van der Waals surface area contributed by atoms with E-state index in [4.69, 9.17) is 16.3 Å². The van der Waals surface area contributed by atoms with Crippen LogP contribution < -0.4 is 10.2 Å². The molecule has 7 nitrogen and oxygen atoms in total. The molecule has 1 aromatic rings. The number of anilines is 2. The first-order chi connectivity index (χ1) is 10.1. The minimum Gasteiger partial charge on any atom is -0.394 e. The Bertz CT molecular complexity index is 464. The van der Waals surface area contributed by atoms with Gasteiger partial charge < -0.3 is 20.1 Å². The lowest BCUT2D eigenvalue weighted by Crippen LogP contribution is -2.47. The van der Waals surface area contributed by atoms with Crippen LogP contribution in [0.1, 0.15) is 26.7 Å². The predicted molar refractivity (Wildman–Crippen MR) is 81.9 cm³/mol. The molecule has 21 heavy (non-hydrogen) atoms. The molecule has 0 amide bonds. The maximum Gasteiger partial charge on any atom is 0.231 e. The van der Waals surface area contributed by atoms with Crippen LogP contribution in [0.3, 0.4) is 0 Å². The largest absolute Gasteiger partial charge is 0.394 e. The van der Waals surface area contributed by atoms with Crippen molar-refractivity contribution in [2.24, 2.45) is 0 Å². The zero-order valence-corrected chi connectivity index (χ0v) is 13.2. The summed E-state index contributed by atoms with van der Waals surface area (Å²) in [4.78, 5) is 14.7. The maximum atomic E-state index is 9.71. The molecule has 1 saturated heterocycles. The number of rotatable bonds is 6. The SMILES string of the molecule is CCN(CC)c1nc(Cl)nc(NC2(CO)CCOCC2)n1. The van der Waals surface area contributed by atoms with Gasteiger partial charge in [0.05, 0.1) is 12.1 Å². The zero-order chi connectivity index (χ0) is 15.3. The lowest BCUT2D eigenvalue weighted by atomic mass is 9.91. The Hall–Kier alpha value is -1.18. The van der Waals surface area contributed by atoms with Gasteiger partial charge in [-0.05, 0) is 38.3 Å². The second-order valence-electron chi connectivity index (χ2n) is 5.08. The van der Waals surface area contributed by atoms with Crippen molar-refractivity contribution in [1.29, 1.82) is 0 Å². The highest BCUT2D eigenvalue weighted by Gasteiger charge is 2.33. The Morgan fingerprint density at radius 3 is 2.48 bits per heavy atom. The second kappa shape index (κ2) is 7.20. The molecule has 2 heterocycles. The van der Waals surface area contributed by atoms with Gasteiger partial charge in [-0.1, -0.05) is 0 Å². The van der Waals surface area contributed by atoms with Crippen LogP contribution in [0.4, 0.5) is 11.9 Å². The van der Waals surface area contributed by atoms with E-state index in [9.17, 15) is 5.11 Å². The van der Waals surface area contributed by atoms with Crippen molar-refractivity contribution < 1.29 is 9.84 Å². The molecule has 0 atom stereocenters. The summed E-state index contributed by atoms with van der Waals surface area (Å²) in [7, 11) is 0. The fourth-order valence-electron chi connectivity index (χ4n) is 2.37. The molecule has 8 heteroatoms. The van der Waals surface area contributed by atoms with Gasteiger partial charge in [0.15, 0.2) is 0 Å². The molecule has 0 radical (unpaired) electrons. The molecule has 2 rings (SSSR count). The quantitative estimate of drug-likeness (QED) is 0.819. The topological polar surface area (TPSA) is 83.4 Å². The van der Waals surface area contributed by atoms with Crippen molar-refractivity contribution in [2.75, 3.05) is 43.1 Å². The van der Waals surface area contributed by atoms with Crippen molar-refractivity contribution >= 4 is 23.5 Å². The van der Waals surface area contributed by atoms with Crippen molar-refractivity contribution in [3.8, 4) is 0 Å². The van der Waals surface area contributed by atoms with Crippen LogP contribution in [0, 0.1) is 0 Å². The highest BCUT2D eigenvalue weighted by molar-refractivity contribution is 6.28. The molecular formula is C13H22ClN5O2. The van der Waals surface area contributed by atoms with Gasteiger partial charge >= 0.3 is 0 Å². The molecule has 118 valence electrons. The van der Waals surface area contributed by atoms with Gasteiger partial charge in [0.1, 0.15) is 0 Å². The normalized spacial score (nSPS) is 17.5.